The van der Waals surface area contributed by atoms with Crippen molar-refractivity contribution in [3.05, 3.63) is 60.0 Å². The molecular weight excluding hydrogens is 357 g/mol. The number of aromatic nitrogens is 2. The molecule has 2 amide bonds. The SMILES string of the molecule is CN1CCCCC1C(NC(=O)Nc1cc(F)c2[nH]ncc2c1)c1ccccc1. The molecule has 0 saturated carbocycles. The van der Waals surface area contributed by atoms with E-state index in [1.165, 1.54) is 18.7 Å². The van der Waals surface area contributed by atoms with Crippen molar-refractivity contribution < 1.29 is 9.18 Å². The summed E-state index contributed by atoms with van der Waals surface area (Å²) >= 11 is 0. The number of nitrogens with zero attached hydrogens (tertiary/aromatic N) is 2. The second kappa shape index (κ2) is 7.98. The van der Waals surface area contributed by atoms with Gasteiger partial charge in [0, 0.05) is 17.1 Å². The first-order chi connectivity index (χ1) is 13.6. The molecule has 28 heavy (non-hydrogen) atoms. The highest BCUT2D eigenvalue weighted by Gasteiger charge is 2.30. The van der Waals surface area contributed by atoms with Crippen LogP contribution in [0.4, 0.5) is 14.9 Å². The number of fused-ring (bicyclic) bond motifs is 1. The van der Waals surface area contributed by atoms with Crippen LogP contribution in [-0.4, -0.2) is 40.8 Å². The van der Waals surface area contributed by atoms with E-state index in [1.807, 2.05) is 30.3 Å². The quantitative estimate of drug-likeness (QED) is 0.638. The smallest absolute Gasteiger partial charge is 0.319 e. The molecule has 7 heteroatoms. The molecule has 0 bridgehead atoms. The number of nitrogens with one attached hydrogen (secondary N) is 3. The van der Waals surface area contributed by atoms with Crippen LogP contribution in [-0.2, 0) is 0 Å². The lowest BCUT2D eigenvalue weighted by molar-refractivity contribution is 0.147. The predicted octanol–water partition coefficient (Wildman–Crippen LogP) is 4.05. The van der Waals surface area contributed by atoms with E-state index < -0.39 is 5.82 Å². The average molecular weight is 381 g/mol. The molecule has 2 atom stereocenters. The normalized spacial score (nSPS) is 18.7. The summed E-state index contributed by atoms with van der Waals surface area (Å²) in [6, 6.07) is 12.7. The van der Waals surface area contributed by atoms with Crippen LogP contribution in [0, 0.1) is 5.82 Å². The molecule has 1 aliphatic heterocycles. The van der Waals surface area contributed by atoms with Crippen molar-refractivity contribution in [2.45, 2.75) is 31.3 Å². The van der Waals surface area contributed by atoms with Crippen molar-refractivity contribution >= 4 is 22.6 Å². The fraction of sp³-hybridized carbons (Fsp3) is 0.333. The van der Waals surface area contributed by atoms with E-state index in [4.69, 9.17) is 0 Å². The van der Waals surface area contributed by atoms with Gasteiger partial charge in [-0.05, 0) is 44.1 Å². The van der Waals surface area contributed by atoms with E-state index in [0.29, 0.717) is 16.6 Å². The third kappa shape index (κ3) is 3.84. The molecule has 1 saturated heterocycles. The van der Waals surface area contributed by atoms with E-state index in [2.05, 4.69) is 32.8 Å². The lowest BCUT2D eigenvalue weighted by atomic mass is 9.91. The van der Waals surface area contributed by atoms with Crippen LogP contribution < -0.4 is 10.6 Å². The highest BCUT2D eigenvalue weighted by atomic mass is 19.1. The highest BCUT2D eigenvalue weighted by Crippen LogP contribution is 2.28. The van der Waals surface area contributed by atoms with Crippen molar-refractivity contribution in [2.75, 3.05) is 18.9 Å². The number of likely N-dealkylation sites (N-methyl/N-ethyl adjacent to an activating group) is 1. The number of likely N-dealkylation sites (tertiary alicyclic amines) is 1. The predicted molar refractivity (Wildman–Crippen MR) is 108 cm³/mol. The summed E-state index contributed by atoms with van der Waals surface area (Å²) in [5, 5.41) is 12.9. The minimum absolute atomic E-state index is 0.144. The van der Waals surface area contributed by atoms with Crippen molar-refractivity contribution in [2.24, 2.45) is 0 Å². The molecule has 2 unspecified atom stereocenters. The molecule has 1 aromatic heterocycles. The third-order valence-electron chi connectivity index (χ3n) is 5.42. The summed E-state index contributed by atoms with van der Waals surface area (Å²) in [5.74, 6) is -0.447. The molecule has 6 nitrogen and oxygen atoms in total. The molecule has 0 aliphatic carbocycles. The van der Waals surface area contributed by atoms with Crippen LogP contribution in [0.2, 0.25) is 0 Å². The fourth-order valence-electron chi connectivity index (χ4n) is 3.98. The Labute approximate surface area is 163 Å². The number of urea groups is 1. The van der Waals surface area contributed by atoms with Crippen LogP contribution in [0.15, 0.2) is 48.7 Å². The monoisotopic (exact) mass is 381 g/mol. The van der Waals surface area contributed by atoms with Crippen molar-refractivity contribution in [1.29, 1.82) is 0 Å². The zero-order valence-electron chi connectivity index (χ0n) is 15.8. The molecule has 146 valence electrons. The van der Waals surface area contributed by atoms with Gasteiger partial charge in [0.05, 0.1) is 12.2 Å². The van der Waals surface area contributed by atoms with Gasteiger partial charge >= 0.3 is 6.03 Å². The minimum Gasteiger partial charge on any atom is -0.329 e. The Morgan fingerprint density at radius 1 is 1.29 bits per heavy atom. The lowest BCUT2D eigenvalue weighted by Crippen LogP contribution is -2.48. The van der Waals surface area contributed by atoms with Gasteiger partial charge in [0.2, 0.25) is 0 Å². The molecule has 1 aliphatic rings. The van der Waals surface area contributed by atoms with Crippen molar-refractivity contribution in [1.82, 2.24) is 20.4 Å². The van der Waals surface area contributed by atoms with E-state index in [-0.39, 0.29) is 18.1 Å². The largest absolute Gasteiger partial charge is 0.329 e. The van der Waals surface area contributed by atoms with Crippen LogP contribution in [0.25, 0.3) is 10.9 Å². The van der Waals surface area contributed by atoms with Gasteiger partial charge in [-0.2, -0.15) is 5.10 Å². The van der Waals surface area contributed by atoms with Crippen LogP contribution in [0.5, 0.6) is 0 Å². The van der Waals surface area contributed by atoms with Gasteiger partial charge in [-0.15, -0.1) is 0 Å². The molecule has 2 heterocycles. The number of hydrogen-bond donors (Lipinski definition) is 3. The summed E-state index contributed by atoms with van der Waals surface area (Å²) in [5.41, 5.74) is 1.79. The Balaban J connectivity index is 1.54. The first-order valence-electron chi connectivity index (χ1n) is 9.57. The molecule has 4 rings (SSSR count). The Hall–Kier alpha value is -2.93. The Morgan fingerprint density at radius 2 is 2.11 bits per heavy atom. The minimum atomic E-state index is -0.447. The number of H-pyrrole nitrogens is 1. The molecule has 2 aromatic carbocycles. The van der Waals surface area contributed by atoms with Crippen molar-refractivity contribution in [3.8, 4) is 0 Å². The summed E-state index contributed by atoms with van der Waals surface area (Å²) in [4.78, 5) is 15.0. The van der Waals surface area contributed by atoms with Crippen molar-refractivity contribution in [3.63, 3.8) is 0 Å². The van der Waals surface area contributed by atoms with Crippen LogP contribution >= 0.6 is 0 Å². The number of anilines is 1. The third-order valence-corrected chi connectivity index (χ3v) is 5.42. The summed E-state index contributed by atoms with van der Waals surface area (Å²) in [7, 11) is 2.10. The Kier molecular flexibility index (Phi) is 5.25. The van der Waals surface area contributed by atoms with Gasteiger partial charge in [0.15, 0.2) is 5.82 Å². The summed E-state index contributed by atoms with van der Waals surface area (Å²) in [6.07, 6.45) is 4.87. The number of hydrogen-bond acceptors (Lipinski definition) is 3. The molecule has 3 aromatic rings. The average Bonchev–Trinajstić information content (AvgIpc) is 3.17. The summed E-state index contributed by atoms with van der Waals surface area (Å²) in [6.45, 7) is 1.01. The zero-order chi connectivity index (χ0) is 19.5. The number of benzene rings is 2. The topological polar surface area (TPSA) is 73.1 Å². The number of aromatic amines is 1. The number of carbonyl (C=O) groups excluding carboxylic acids is 1. The number of rotatable bonds is 4. The van der Waals surface area contributed by atoms with Gasteiger partial charge in [-0.3, -0.25) is 5.10 Å². The van der Waals surface area contributed by atoms with E-state index in [9.17, 15) is 9.18 Å². The molecule has 3 N–H and O–H groups in total. The Bertz CT molecular complexity index is 958. The number of carbonyl (C=O) groups is 1. The van der Waals surface area contributed by atoms with E-state index in [1.54, 1.807) is 6.07 Å². The van der Waals surface area contributed by atoms with Gasteiger partial charge in [0.1, 0.15) is 5.52 Å². The molecule has 0 radical (unpaired) electrons. The maximum absolute atomic E-state index is 14.2. The molecule has 1 fully saturated rings. The second-order valence-corrected chi connectivity index (χ2v) is 7.32. The standard InChI is InChI=1S/C21H24FN5O/c1-27-10-6-5-9-18(27)20(14-7-3-2-4-8-14)25-21(28)24-16-11-15-13-23-26-19(15)17(22)12-16/h2-4,7-8,11-13,18,20H,5-6,9-10H2,1H3,(H,23,26)(H2,24,25,28). The van der Waals surface area contributed by atoms with Gasteiger partial charge < -0.3 is 15.5 Å². The Morgan fingerprint density at radius 3 is 2.89 bits per heavy atom. The fourth-order valence-corrected chi connectivity index (χ4v) is 3.98. The van der Waals surface area contributed by atoms with Gasteiger partial charge in [-0.25, -0.2) is 9.18 Å². The number of halogens is 1. The first kappa shape index (κ1) is 18.4. The maximum atomic E-state index is 14.2. The maximum Gasteiger partial charge on any atom is 0.319 e. The lowest BCUT2D eigenvalue weighted by Gasteiger charge is -2.38. The second-order valence-electron chi connectivity index (χ2n) is 7.32. The van der Waals surface area contributed by atoms with Crippen LogP contribution in [0.3, 0.4) is 0 Å². The first-order valence-corrected chi connectivity index (χ1v) is 9.57. The van der Waals surface area contributed by atoms with Gasteiger partial charge in [-0.1, -0.05) is 36.8 Å². The number of amides is 2. The summed E-state index contributed by atoms with van der Waals surface area (Å²) < 4.78 is 14.2. The molecule has 0 spiro atoms. The van der Waals surface area contributed by atoms with Gasteiger partial charge in [0.25, 0.3) is 0 Å². The van der Waals surface area contributed by atoms with E-state index >= 15 is 0 Å². The van der Waals surface area contributed by atoms with E-state index in [0.717, 1.165) is 24.9 Å². The zero-order valence-corrected chi connectivity index (χ0v) is 15.8. The van der Waals surface area contributed by atoms with Crippen LogP contribution in [0.1, 0.15) is 30.9 Å². The number of piperidine rings is 1. The molecular formula is C21H24FN5O. The highest BCUT2D eigenvalue weighted by molar-refractivity contribution is 5.93.